The topological polar surface area (TPSA) is 53.6 Å². The van der Waals surface area contributed by atoms with E-state index in [1.54, 1.807) is 12.3 Å². The number of fused-ring (bicyclic) bond motifs is 1. The van der Waals surface area contributed by atoms with E-state index in [0.29, 0.717) is 29.4 Å². The van der Waals surface area contributed by atoms with Gasteiger partial charge in [0, 0.05) is 36.3 Å². The zero-order valence-electron chi connectivity index (χ0n) is 13.8. The first-order valence-corrected chi connectivity index (χ1v) is 8.62. The van der Waals surface area contributed by atoms with Crippen molar-refractivity contribution in [2.24, 2.45) is 0 Å². The highest BCUT2D eigenvalue weighted by Crippen LogP contribution is 2.27. The second kappa shape index (κ2) is 7.14. The summed E-state index contributed by atoms with van der Waals surface area (Å²) in [7, 11) is 0. The molecule has 0 saturated carbocycles. The van der Waals surface area contributed by atoms with Crippen molar-refractivity contribution in [1.29, 1.82) is 0 Å². The predicted molar refractivity (Wildman–Crippen MR) is 102 cm³/mol. The van der Waals surface area contributed by atoms with E-state index in [4.69, 9.17) is 11.6 Å². The maximum Gasteiger partial charge on any atom is 0.219 e. The molecule has 0 amide bonds. The van der Waals surface area contributed by atoms with Crippen LogP contribution in [0.25, 0.3) is 11.0 Å². The lowest BCUT2D eigenvalue weighted by molar-refractivity contribution is 0.571. The van der Waals surface area contributed by atoms with Crippen molar-refractivity contribution in [2.75, 3.05) is 5.32 Å². The van der Waals surface area contributed by atoms with E-state index in [2.05, 4.69) is 20.3 Å². The zero-order valence-corrected chi connectivity index (χ0v) is 14.6. The molecule has 6 heteroatoms. The summed E-state index contributed by atoms with van der Waals surface area (Å²) >= 11 is 6.34. The SMILES string of the molecule is Fc1nc(NCc2ccccc2)cc(Cl)c1Cc1c[nH]c2ncccc12. The van der Waals surface area contributed by atoms with Crippen LogP contribution in [0.2, 0.25) is 5.02 Å². The second-order valence-corrected chi connectivity index (χ2v) is 6.40. The molecular formula is C20H16ClFN4. The summed E-state index contributed by atoms with van der Waals surface area (Å²) in [6.45, 7) is 0.553. The van der Waals surface area contributed by atoms with E-state index in [1.165, 1.54) is 0 Å². The summed E-state index contributed by atoms with van der Waals surface area (Å²) in [6.07, 6.45) is 3.89. The van der Waals surface area contributed by atoms with Gasteiger partial charge in [0.1, 0.15) is 11.5 Å². The summed E-state index contributed by atoms with van der Waals surface area (Å²) in [6, 6.07) is 15.3. The van der Waals surface area contributed by atoms with Gasteiger partial charge in [0.05, 0.1) is 5.02 Å². The first-order valence-electron chi connectivity index (χ1n) is 8.24. The number of hydrogen-bond donors (Lipinski definition) is 2. The number of benzene rings is 1. The molecule has 0 unspecified atom stereocenters. The molecule has 26 heavy (non-hydrogen) atoms. The lowest BCUT2D eigenvalue weighted by atomic mass is 10.1. The molecule has 1 aromatic carbocycles. The van der Waals surface area contributed by atoms with E-state index in [9.17, 15) is 4.39 Å². The minimum absolute atomic E-state index is 0.350. The van der Waals surface area contributed by atoms with E-state index in [0.717, 1.165) is 22.2 Å². The predicted octanol–water partition coefficient (Wildman–Crippen LogP) is 4.95. The Balaban J connectivity index is 1.56. The smallest absolute Gasteiger partial charge is 0.219 e. The van der Waals surface area contributed by atoms with Crippen LogP contribution in [0, 0.1) is 5.95 Å². The van der Waals surface area contributed by atoms with Gasteiger partial charge in [-0.3, -0.25) is 0 Å². The zero-order chi connectivity index (χ0) is 17.9. The number of nitrogens with one attached hydrogen (secondary N) is 2. The Labute approximate surface area is 155 Å². The Morgan fingerprint density at radius 1 is 1.12 bits per heavy atom. The fourth-order valence-electron chi connectivity index (χ4n) is 2.90. The molecule has 3 aromatic heterocycles. The molecule has 0 aliphatic rings. The van der Waals surface area contributed by atoms with Crippen LogP contribution in [0.1, 0.15) is 16.7 Å². The summed E-state index contributed by atoms with van der Waals surface area (Å²) in [5, 5.41) is 4.41. The van der Waals surface area contributed by atoms with Crippen LogP contribution in [0.4, 0.5) is 10.2 Å². The van der Waals surface area contributed by atoms with Gasteiger partial charge in [0.2, 0.25) is 5.95 Å². The monoisotopic (exact) mass is 366 g/mol. The number of halogens is 2. The third-order valence-electron chi connectivity index (χ3n) is 4.24. The van der Waals surface area contributed by atoms with Crippen molar-refractivity contribution in [2.45, 2.75) is 13.0 Å². The van der Waals surface area contributed by atoms with Gasteiger partial charge < -0.3 is 10.3 Å². The highest BCUT2D eigenvalue weighted by Gasteiger charge is 2.14. The number of rotatable bonds is 5. The molecule has 4 rings (SSSR count). The van der Waals surface area contributed by atoms with Crippen LogP contribution in [-0.4, -0.2) is 15.0 Å². The number of aromatic amines is 1. The Kier molecular flexibility index (Phi) is 4.54. The number of H-pyrrole nitrogens is 1. The summed E-state index contributed by atoms with van der Waals surface area (Å²) < 4.78 is 14.6. The lowest BCUT2D eigenvalue weighted by Crippen LogP contribution is -2.05. The molecule has 0 saturated heterocycles. The molecule has 0 aliphatic carbocycles. The molecule has 0 radical (unpaired) electrons. The average molecular weight is 367 g/mol. The normalized spacial score (nSPS) is 11.0. The summed E-state index contributed by atoms with van der Waals surface area (Å²) in [5.74, 6) is -0.146. The molecule has 2 N–H and O–H groups in total. The van der Waals surface area contributed by atoms with Crippen molar-refractivity contribution in [3.05, 3.63) is 88.6 Å². The summed E-state index contributed by atoms with van der Waals surface area (Å²) in [4.78, 5) is 11.4. The average Bonchev–Trinajstić information content (AvgIpc) is 3.07. The van der Waals surface area contributed by atoms with Crippen molar-refractivity contribution in [3.63, 3.8) is 0 Å². The highest BCUT2D eigenvalue weighted by atomic mass is 35.5. The van der Waals surface area contributed by atoms with Crippen molar-refractivity contribution >= 4 is 28.5 Å². The number of anilines is 1. The Bertz CT molecular complexity index is 1020. The number of hydrogen-bond acceptors (Lipinski definition) is 3. The van der Waals surface area contributed by atoms with Gasteiger partial charge in [0.15, 0.2) is 0 Å². The van der Waals surface area contributed by atoms with Gasteiger partial charge in [0.25, 0.3) is 0 Å². The maximum atomic E-state index is 14.6. The maximum absolute atomic E-state index is 14.6. The van der Waals surface area contributed by atoms with Gasteiger partial charge in [-0.05, 0) is 29.3 Å². The van der Waals surface area contributed by atoms with E-state index in [-0.39, 0.29) is 0 Å². The minimum Gasteiger partial charge on any atom is -0.366 e. The van der Waals surface area contributed by atoms with Gasteiger partial charge in [-0.15, -0.1) is 0 Å². The Morgan fingerprint density at radius 3 is 2.77 bits per heavy atom. The molecule has 0 spiro atoms. The van der Waals surface area contributed by atoms with Gasteiger partial charge in [-0.1, -0.05) is 41.9 Å². The van der Waals surface area contributed by atoms with Crippen molar-refractivity contribution < 1.29 is 4.39 Å². The number of nitrogens with zero attached hydrogens (tertiary/aromatic N) is 2. The number of aromatic nitrogens is 3. The van der Waals surface area contributed by atoms with Gasteiger partial charge in [-0.2, -0.15) is 4.39 Å². The fourth-order valence-corrected chi connectivity index (χ4v) is 3.15. The fraction of sp³-hybridized carbons (Fsp3) is 0.100. The number of pyridine rings is 2. The molecule has 3 heterocycles. The van der Waals surface area contributed by atoms with Gasteiger partial charge in [-0.25, -0.2) is 9.97 Å². The standard InChI is InChI=1S/C20H16ClFN4/c21-17-10-18(24-11-13-5-2-1-3-6-13)26-19(22)16(17)9-14-12-25-20-15(14)7-4-8-23-20/h1-8,10,12H,9,11H2,(H,23,25)(H,24,26). The van der Waals surface area contributed by atoms with Crippen molar-refractivity contribution in [1.82, 2.24) is 15.0 Å². The van der Waals surface area contributed by atoms with Crippen molar-refractivity contribution in [3.8, 4) is 0 Å². The van der Waals surface area contributed by atoms with E-state index in [1.807, 2.05) is 48.7 Å². The van der Waals surface area contributed by atoms with Crippen LogP contribution >= 0.6 is 11.6 Å². The van der Waals surface area contributed by atoms with Gasteiger partial charge >= 0.3 is 0 Å². The van der Waals surface area contributed by atoms with E-state index < -0.39 is 5.95 Å². The molecule has 0 bridgehead atoms. The third-order valence-corrected chi connectivity index (χ3v) is 4.58. The Morgan fingerprint density at radius 2 is 1.96 bits per heavy atom. The molecule has 0 atom stereocenters. The minimum atomic E-state index is -0.564. The highest BCUT2D eigenvalue weighted by molar-refractivity contribution is 6.31. The second-order valence-electron chi connectivity index (χ2n) is 5.99. The van der Waals surface area contributed by atoms with Crippen LogP contribution in [0.5, 0.6) is 0 Å². The molecule has 4 aromatic rings. The quantitative estimate of drug-likeness (QED) is 0.491. The van der Waals surface area contributed by atoms with E-state index >= 15 is 0 Å². The van der Waals surface area contributed by atoms with Crippen LogP contribution in [0.3, 0.4) is 0 Å². The first kappa shape index (κ1) is 16.5. The van der Waals surface area contributed by atoms with Crippen LogP contribution < -0.4 is 5.32 Å². The van der Waals surface area contributed by atoms with Crippen LogP contribution in [-0.2, 0) is 13.0 Å². The molecule has 0 aliphatic heterocycles. The molecule has 4 nitrogen and oxygen atoms in total. The summed E-state index contributed by atoms with van der Waals surface area (Å²) in [5.41, 5.74) is 3.16. The van der Waals surface area contributed by atoms with Crippen LogP contribution in [0.15, 0.2) is 60.9 Å². The first-order chi connectivity index (χ1) is 12.7. The molecule has 0 fully saturated rings. The Hall–Kier alpha value is -2.92. The molecular weight excluding hydrogens is 351 g/mol. The largest absolute Gasteiger partial charge is 0.366 e. The lowest BCUT2D eigenvalue weighted by Gasteiger charge is -2.10. The third kappa shape index (κ3) is 3.39. The molecule has 130 valence electrons.